The molecule has 1 aliphatic heterocycles. The van der Waals surface area contributed by atoms with Crippen molar-refractivity contribution in [1.29, 1.82) is 0 Å². The minimum absolute atomic E-state index is 0.349. The quantitative estimate of drug-likeness (QED) is 0.522. The molecule has 0 aromatic heterocycles. The number of hydrogen-bond donors (Lipinski definition) is 0. The lowest BCUT2D eigenvalue weighted by Gasteiger charge is -2.36. The van der Waals surface area contributed by atoms with Crippen molar-refractivity contribution in [3.63, 3.8) is 0 Å². The lowest BCUT2D eigenvalue weighted by molar-refractivity contribution is 0.281. The van der Waals surface area contributed by atoms with Gasteiger partial charge in [0.2, 0.25) is 0 Å². The predicted octanol–water partition coefficient (Wildman–Crippen LogP) is 4.98. The van der Waals surface area contributed by atoms with Crippen LogP contribution in [0.15, 0.2) is 0 Å². The van der Waals surface area contributed by atoms with E-state index < -0.39 is 8.32 Å². The molecule has 0 bridgehead atoms. The highest BCUT2D eigenvalue weighted by Gasteiger charge is 2.36. The number of thioether (sulfide) groups is 2. The monoisotopic (exact) mass is 292 g/mol. The molecule has 0 saturated carbocycles. The van der Waals surface area contributed by atoms with E-state index in [2.05, 4.69) is 57.4 Å². The van der Waals surface area contributed by atoms with Crippen LogP contribution in [0.2, 0.25) is 18.1 Å². The fraction of sp³-hybridized carbons (Fsp3) is 1.00. The van der Waals surface area contributed by atoms with E-state index >= 15 is 0 Å². The van der Waals surface area contributed by atoms with Crippen LogP contribution in [0, 0.1) is 0 Å². The third-order valence-electron chi connectivity index (χ3n) is 3.75. The van der Waals surface area contributed by atoms with Gasteiger partial charge >= 0.3 is 0 Å². The summed E-state index contributed by atoms with van der Waals surface area (Å²) in [7, 11) is -1.51. The first-order valence-electron chi connectivity index (χ1n) is 6.70. The van der Waals surface area contributed by atoms with Crippen molar-refractivity contribution in [2.45, 2.75) is 62.7 Å². The molecule has 1 heterocycles. The summed E-state index contributed by atoms with van der Waals surface area (Å²) in [5.74, 6) is 2.72. The largest absolute Gasteiger partial charge is 0.417 e. The molecule has 1 nitrogen and oxygen atoms in total. The zero-order valence-electron chi connectivity index (χ0n) is 12.0. The Labute approximate surface area is 117 Å². The summed E-state index contributed by atoms with van der Waals surface area (Å²) in [4.78, 5) is 0. The molecule has 102 valence electrons. The van der Waals surface area contributed by atoms with Gasteiger partial charge in [0, 0.05) is 6.61 Å². The van der Waals surface area contributed by atoms with E-state index in [1.165, 1.54) is 30.8 Å². The van der Waals surface area contributed by atoms with Crippen LogP contribution in [0.25, 0.3) is 0 Å². The zero-order chi connectivity index (χ0) is 12.9. The van der Waals surface area contributed by atoms with E-state index in [4.69, 9.17) is 4.43 Å². The van der Waals surface area contributed by atoms with Crippen molar-refractivity contribution in [1.82, 2.24) is 0 Å². The second-order valence-electron chi connectivity index (χ2n) is 6.28. The van der Waals surface area contributed by atoms with E-state index in [0.717, 1.165) is 11.2 Å². The van der Waals surface area contributed by atoms with Gasteiger partial charge in [-0.3, -0.25) is 0 Å². The lowest BCUT2D eigenvalue weighted by Crippen LogP contribution is -2.41. The summed E-state index contributed by atoms with van der Waals surface area (Å²) < 4.78 is 7.04. The molecule has 1 fully saturated rings. The van der Waals surface area contributed by atoms with Crippen LogP contribution in [-0.2, 0) is 4.43 Å². The maximum atomic E-state index is 6.21. The van der Waals surface area contributed by atoms with E-state index in [9.17, 15) is 0 Å². The third-order valence-corrected chi connectivity index (χ3v) is 11.4. The second kappa shape index (κ2) is 6.87. The minimum atomic E-state index is -1.51. The predicted molar refractivity (Wildman–Crippen MR) is 85.7 cm³/mol. The summed E-state index contributed by atoms with van der Waals surface area (Å²) in [6.45, 7) is 12.6. The Morgan fingerprint density at radius 2 is 1.76 bits per heavy atom. The molecular formula is C13H28OS2Si. The molecular weight excluding hydrogens is 264 g/mol. The van der Waals surface area contributed by atoms with Crippen LogP contribution in [-0.4, -0.2) is 31.0 Å². The Morgan fingerprint density at radius 1 is 1.18 bits per heavy atom. The van der Waals surface area contributed by atoms with Crippen molar-refractivity contribution in [2.75, 3.05) is 18.1 Å². The molecule has 0 atom stereocenters. The SMILES string of the molecule is CC(C)(C)[Si](C)(C)OCCCC1SCCCS1. The summed E-state index contributed by atoms with van der Waals surface area (Å²) in [5, 5.41) is 0.349. The molecule has 0 radical (unpaired) electrons. The van der Waals surface area contributed by atoms with Crippen LogP contribution in [0.1, 0.15) is 40.0 Å². The molecule has 0 amide bonds. The van der Waals surface area contributed by atoms with Gasteiger partial charge in [-0.25, -0.2) is 0 Å². The van der Waals surface area contributed by atoms with Crippen molar-refractivity contribution in [3.05, 3.63) is 0 Å². The number of rotatable bonds is 5. The molecule has 0 aromatic rings. The molecule has 1 rings (SSSR count). The van der Waals surface area contributed by atoms with Gasteiger partial charge in [0.25, 0.3) is 0 Å². The Kier molecular flexibility index (Phi) is 6.44. The van der Waals surface area contributed by atoms with E-state index in [-0.39, 0.29) is 0 Å². The van der Waals surface area contributed by atoms with E-state index in [0.29, 0.717) is 5.04 Å². The van der Waals surface area contributed by atoms with Gasteiger partial charge < -0.3 is 4.43 Å². The minimum Gasteiger partial charge on any atom is -0.417 e. The molecule has 1 aliphatic rings. The van der Waals surface area contributed by atoms with Crippen molar-refractivity contribution >= 4 is 31.8 Å². The van der Waals surface area contributed by atoms with Gasteiger partial charge in [0.1, 0.15) is 0 Å². The Bertz CT molecular complexity index is 220. The van der Waals surface area contributed by atoms with Crippen LogP contribution in [0.3, 0.4) is 0 Å². The normalized spacial score (nSPS) is 19.6. The standard InChI is InChI=1S/C13H28OS2Si/c1-13(2,3)17(4,5)14-9-6-8-12-15-10-7-11-16-12/h12H,6-11H2,1-5H3. The van der Waals surface area contributed by atoms with Gasteiger partial charge in [-0.15, -0.1) is 23.5 Å². The maximum absolute atomic E-state index is 6.21. The smallest absolute Gasteiger partial charge is 0.191 e. The Morgan fingerprint density at radius 3 is 2.29 bits per heavy atom. The average Bonchev–Trinajstić information content (AvgIpc) is 2.24. The summed E-state index contributed by atoms with van der Waals surface area (Å²) in [6, 6.07) is 0. The molecule has 0 spiro atoms. The molecule has 4 heteroatoms. The Balaban J connectivity index is 2.15. The number of hydrogen-bond acceptors (Lipinski definition) is 3. The first-order chi connectivity index (χ1) is 7.83. The summed E-state index contributed by atoms with van der Waals surface area (Å²) >= 11 is 4.29. The molecule has 0 unspecified atom stereocenters. The van der Waals surface area contributed by atoms with Gasteiger partial charge in [-0.05, 0) is 48.9 Å². The fourth-order valence-electron chi connectivity index (χ4n) is 1.50. The van der Waals surface area contributed by atoms with Crippen LogP contribution >= 0.6 is 23.5 Å². The van der Waals surface area contributed by atoms with Gasteiger partial charge in [-0.1, -0.05) is 20.8 Å². The zero-order valence-corrected chi connectivity index (χ0v) is 14.7. The lowest BCUT2D eigenvalue weighted by atomic mass is 10.2. The van der Waals surface area contributed by atoms with Crippen LogP contribution in [0.4, 0.5) is 0 Å². The summed E-state index contributed by atoms with van der Waals surface area (Å²) in [5.41, 5.74) is 0. The van der Waals surface area contributed by atoms with Crippen LogP contribution in [0.5, 0.6) is 0 Å². The van der Waals surface area contributed by atoms with Crippen molar-refractivity contribution in [2.24, 2.45) is 0 Å². The molecule has 0 aromatic carbocycles. The molecule has 17 heavy (non-hydrogen) atoms. The van der Waals surface area contributed by atoms with Gasteiger partial charge in [0.05, 0.1) is 4.58 Å². The topological polar surface area (TPSA) is 9.23 Å². The average molecular weight is 293 g/mol. The molecule has 0 N–H and O–H groups in total. The fourth-order valence-corrected chi connectivity index (χ4v) is 5.54. The first-order valence-corrected chi connectivity index (χ1v) is 11.7. The third kappa shape index (κ3) is 5.58. The van der Waals surface area contributed by atoms with E-state index in [1.807, 2.05) is 0 Å². The highest BCUT2D eigenvalue weighted by molar-refractivity contribution is 8.17. The van der Waals surface area contributed by atoms with Gasteiger partial charge in [0.15, 0.2) is 8.32 Å². The first kappa shape index (κ1) is 15.9. The molecule has 0 aliphatic carbocycles. The molecule has 1 saturated heterocycles. The highest BCUT2D eigenvalue weighted by Crippen LogP contribution is 2.37. The van der Waals surface area contributed by atoms with Crippen molar-refractivity contribution in [3.8, 4) is 0 Å². The van der Waals surface area contributed by atoms with E-state index in [1.54, 1.807) is 0 Å². The highest BCUT2D eigenvalue weighted by atomic mass is 32.2. The summed E-state index contributed by atoms with van der Waals surface area (Å²) in [6.07, 6.45) is 3.95. The van der Waals surface area contributed by atoms with Gasteiger partial charge in [-0.2, -0.15) is 0 Å². The Hall–Kier alpha value is 0.877. The maximum Gasteiger partial charge on any atom is 0.191 e. The second-order valence-corrected chi connectivity index (χ2v) is 14.0. The van der Waals surface area contributed by atoms with Crippen LogP contribution < -0.4 is 0 Å². The van der Waals surface area contributed by atoms with Crippen molar-refractivity contribution < 1.29 is 4.43 Å².